The molecule has 0 aliphatic rings. The van der Waals surface area contributed by atoms with Gasteiger partial charge in [-0.1, -0.05) is 26.2 Å². The third-order valence-electron chi connectivity index (χ3n) is 2.66. The first-order chi connectivity index (χ1) is 8.19. The largest absolute Gasteiger partial charge is 0.479 e. The minimum atomic E-state index is 0.350. The normalized spacial score (nSPS) is 12.2. The molecule has 1 heterocycles. The van der Waals surface area contributed by atoms with Gasteiger partial charge in [0.2, 0.25) is 5.88 Å². The molecule has 17 heavy (non-hydrogen) atoms. The second kappa shape index (κ2) is 6.93. The van der Waals surface area contributed by atoms with Crippen LogP contribution in [-0.4, -0.2) is 23.1 Å². The van der Waals surface area contributed by atoms with Gasteiger partial charge in [0.05, 0.1) is 7.11 Å². The van der Waals surface area contributed by atoms with Crippen LogP contribution in [0.25, 0.3) is 0 Å². The van der Waals surface area contributed by atoms with Gasteiger partial charge in [-0.2, -0.15) is 4.98 Å². The molecule has 5 nitrogen and oxygen atoms in total. The quantitative estimate of drug-likeness (QED) is 0.714. The molecule has 0 aliphatic carbocycles. The van der Waals surface area contributed by atoms with Crippen LogP contribution in [0, 0.1) is 0 Å². The van der Waals surface area contributed by atoms with E-state index in [0.29, 0.717) is 23.4 Å². The zero-order valence-electron chi connectivity index (χ0n) is 10.9. The molecular weight excluding hydrogens is 216 g/mol. The SMILES string of the molecule is CCCCCC(C)Nc1ncnc(OC)c1N. The zero-order chi connectivity index (χ0) is 12.7. The van der Waals surface area contributed by atoms with Crippen molar-refractivity contribution in [3.8, 4) is 5.88 Å². The van der Waals surface area contributed by atoms with Gasteiger partial charge in [0, 0.05) is 6.04 Å². The summed E-state index contributed by atoms with van der Waals surface area (Å²) in [4.78, 5) is 8.07. The van der Waals surface area contributed by atoms with Crippen molar-refractivity contribution in [2.45, 2.75) is 45.6 Å². The summed E-state index contributed by atoms with van der Waals surface area (Å²) < 4.78 is 5.05. The van der Waals surface area contributed by atoms with E-state index in [4.69, 9.17) is 10.5 Å². The van der Waals surface area contributed by atoms with E-state index < -0.39 is 0 Å². The van der Waals surface area contributed by atoms with Crippen molar-refractivity contribution >= 4 is 11.5 Å². The molecule has 0 fully saturated rings. The molecule has 0 saturated carbocycles. The van der Waals surface area contributed by atoms with Crippen LogP contribution in [0.1, 0.15) is 39.5 Å². The number of unbranched alkanes of at least 4 members (excludes halogenated alkanes) is 2. The Balaban J connectivity index is 2.55. The molecule has 1 aromatic rings. The molecule has 0 radical (unpaired) electrons. The smallest absolute Gasteiger partial charge is 0.242 e. The number of nitrogens with zero attached hydrogens (tertiary/aromatic N) is 2. The molecule has 1 rings (SSSR count). The minimum Gasteiger partial charge on any atom is -0.479 e. The summed E-state index contributed by atoms with van der Waals surface area (Å²) >= 11 is 0. The van der Waals surface area contributed by atoms with Crippen LogP contribution < -0.4 is 15.8 Å². The number of hydrogen-bond donors (Lipinski definition) is 2. The summed E-state index contributed by atoms with van der Waals surface area (Å²) in [5.41, 5.74) is 6.35. The summed E-state index contributed by atoms with van der Waals surface area (Å²) in [6.07, 6.45) is 6.27. The summed E-state index contributed by atoms with van der Waals surface area (Å²) in [5, 5.41) is 3.29. The number of ether oxygens (including phenoxy) is 1. The third-order valence-corrected chi connectivity index (χ3v) is 2.66. The first kappa shape index (κ1) is 13.5. The highest BCUT2D eigenvalue weighted by Gasteiger charge is 2.10. The number of methoxy groups -OCH3 is 1. The second-order valence-corrected chi connectivity index (χ2v) is 4.19. The van der Waals surface area contributed by atoms with Gasteiger partial charge in [0.25, 0.3) is 0 Å². The predicted molar refractivity (Wildman–Crippen MR) is 70.2 cm³/mol. The Labute approximate surface area is 103 Å². The molecular formula is C12H22N4O. The van der Waals surface area contributed by atoms with Gasteiger partial charge in [0.1, 0.15) is 12.0 Å². The molecule has 1 atom stereocenters. The minimum absolute atomic E-state index is 0.350. The molecule has 96 valence electrons. The molecule has 0 bridgehead atoms. The van der Waals surface area contributed by atoms with Crippen LogP contribution in [-0.2, 0) is 0 Å². The lowest BCUT2D eigenvalue weighted by molar-refractivity contribution is 0.399. The summed E-state index contributed by atoms with van der Waals surface area (Å²) in [6, 6.07) is 0.350. The van der Waals surface area contributed by atoms with Crippen LogP contribution in [0.4, 0.5) is 11.5 Å². The van der Waals surface area contributed by atoms with E-state index in [1.165, 1.54) is 25.6 Å². The van der Waals surface area contributed by atoms with Crippen LogP contribution in [0.15, 0.2) is 6.33 Å². The Bertz CT molecular complexity index is 343. The van der Waals surface area contributed by atoms with Crippen molar-refractivity contribution in [3.63, 3.8) is 0 Å². The molecule has 1 unspecified atom stereocenters. The molecule has 0 aromatic carbocycles. The van der Waals surface area contributed by atoms with E-state index in [2.05, 4.69) is 29.1 Å². The standard InChI is InChI=1S/C12H22N4O/c1-4-5-6-7-9(2)16-11-10(13)12(17-3)15-8-14-11/h8-9H,4-7,13H2,1-3H3,(H,14,15,16). The molecule has 1 aromatic heterocycles. The molecule has 0 spiro atoms. The molecule has 0 aliphatic heterocycles. The molecule has 0 saturated heterocycles. The van der Waals surface area contributed by atoms with Gasteiger partial charge >= 0.3 is 0 Å². The van der Waals surface area contributed by atoms with Crippen molar-refractivity contribution in [2.75, 3.05) is 18.2 Å². The van der Waals surface area contributed by atoms with Crippen molar-refractivity contribution in [3.05, 3.63) is 6.33 Å². The topological polar surface area (TPSA) is 73.1 Å². The zero-order valence-corrected chi connectivity index (χ0v) is 10.9. The maximum Gasteiger partial charge on any atom is 0.242 e. The number of aromatic nitrogens is 2. The molecule has 5 heteroatoms. The van der Waals surface area contributed by atoms with Crippen molar-refractivity contribution in [2.24, 2.45) is 0 Å². The lowest BCUT2D eigenvalue weighted by atomic mass is 10.1. The predicted octanol–water partition coefficient (Wildman–Crippen LogP) is 2.45. The van der Waals surface area contributed by atoms with Crippen molar-refractivity contribution in [1.29, 1.82) is 0 Å². The Morgan fingerprint density at radius 2 is 2.18 bits per heavy atom. The van der Waals surface area contributed by atoms with Gasteiger partial charge in [-0.25, -0.2) is 4.98 Å². The van der Waals surface area contributed by atoms with Crippen LogP contribution >= 0.6 is 0 Å². The first-order valence-electron chi connectivity index (χ1n) is 6.10. The van der Waals surface area contributed by atoms with Crippen molar-refractivity contribution < 1.29 is 4.74 Å². The van der Waals surface area contributed by atoms with Crippen molar-refractivity contribution in [1.82, 2.24) is 9.97 Å². The van der Waals surface area contributed by atoms with E-state index in [-0.39, 0.29) is 0 Å². The fourth-order valence-corrected chi connectivity index (χ4v) is 1.66. The van der Waals surface area contributed by atoms with E-state index >= 15 is 0 Å². The number of anilines is 2. The Morgan fingerprint density at radius 3 is 2.82 bits per heavy atom. The maximum absolute atomic E-state index is 5.88. The summed E-state index contributed by atoms with van der Waals surface area (Å²) in [5.74, 6) is 1.07. The number of nitrogens with one attached hydrogen (secondary N) is 1. The summed E-state index contributed by atoms with van der Waals surface area (Å²) in [6.45, 7) is 4.33. The second-order valence-electron chi connectivity index (χ2n) is 4.19. The highest BCUT2D eigenvalue weighted by atomic mass is 16.5. The van der Waals surface area contributed by atoms with Gasteiger partial charge in [-0.15, -0.1) is 0 Å². The van der Waals surface area contributed by atoms with Gasteiger partial charge in [-0.3, -0.25) is 0 Å². The lowest BCUT2D eigenvalue weighted by Gasteiger charge is -2.16. The van der Waals surface area contributed by atoms with Crippen LogP contribution in [0.5, 0.6) is 5.88 Å². The van der Waals surface area contributed by atoms with Crippen LogP contribution in [0.2, 0.25) is 0 Å². The first-order valence-corrected chi connectivity index (χ1v) is 6.10. The maximum atomic E-state index is 5.88. The number of nitrogens with two attached hydrogens (primary N) is 1. The average Bonchev–Trinajstić information content (AvgIpc) is 2.32. The van der Waals surface area contributed by atoms with Gasteiger partial charge in [-0.05, 0) is 13.3 Å². The van der Waals surface area contributed by atoms with E-state index in [1.807, 2.05) is 0 Å². The van der Waals surface area contributed by atoms with E-state index in [0.717, 1.165) is 6.42 Å². The van der Waals surface area contributed by atoms with Gasteiger partial charge in [0.15, 0.2) is 5.82 Å². The number of hydrogen-bond acceptors (Lipinski definition) is 5. The third kappa shape index (κ3) is 4.09. The van der Waals surface area contributed by atoms with Gasteiger partial charge < -0.3 is 15.8 Å². The number of rotatable bonds is 7. The Kier molecular flexibility index (Phi) is 5.52. The highest BCUT2D eigenvalue weighted by molar-refractivity contribution is 5.66. The Morgan fingerprint density at radius 1 is 1.41 bits per heavy atom. The monoisotopic (exact) mass is 238 g/mol. The fourth-order valence-electron chi connectivity index (χ4n) is 1.66. The Hall–Kier alpha value is -1.52. The summed E-state index contributed by atoms with van der Waals surface area (Å²) in [7, 11) is 1.55. The lowest BCUT2D eigenvalue weighted by Crippen LogP contribution is -2.17. The average molecular weight is 238 g/mol. The fraction of sp³-hybridized carbons (Fsp3) is 0.667. The highest BCUT2D eigenvalue weighted by Crippen LogP contribution is 2.24. The van der Waals surface area contributed by atoms with Crippen LogP contribution in [0.3, 0.4) is 0 Å². The number of nitrogen functional groups attached to an aromatic ring is 1. The van der Waals surface area contributed by atoms with E-state index in [9.17, 15) is 0 Å². The molecule has 0 amide bonds. The van der Waals surface area contributed by atoms with E-state index in [1.54, 1.807) is 7.11 Å². The molecule has 3 N–H and O–H groups in total.